The highest BCUT2D eigenvalue weighted by molar-refractivity contribution is 5.82. The van der Waals surface area contributed by atoms with Crippen LogP contribution in [0.1, 0.15) is 52.9 Å². The number of hydrogen-bond donors (Lipinski definition) is 2. The van der Waals surface area contributed by atoms with Crippen LogP contribution in [0.15, 0.2) is 0 Å². The van der Waals surface area contributed by atoms with E-state index in [1.54, 1.807) is 0 Å². The zero-order valence-electron chi connectivity index (χ0n) is 11.9. The van der Waals surface area contributed by atoms with Crippen molar-refractivity contribution >= 4 is 5.91 Å². The van der Waals surface area contributed by atoms with Crippen molar-refractivity contribution in [3.63, 3.8) is 0 Å². The lowest BCUT2D eigenvalue weighted by Crippen LogP contribution is -2.51. The molecule has 2 N–H and O–H groups in total. The molecule has 0 aromatic heterocycles. The van der Waals surface area contributed by atoms with Crippen LogP contribution in [0.2, 0.25) is 0 Å². The van der Waals surface area contributed by atoms with E-state index in [2.05, 4.69) is 31.4 Å². The monoisotopic (exact) mass is 250 g/mol. The highest BCUT2D eigenvalue weighted by Crippen LogP contribution is 2.65. The number of carbonyl (C=O) groups excluding carboxylic acids is 1. The first-order valence-corrected chi connectivity index (χ1v) is 7.49. The maximum Gasteiger partial charge on any atom is 0.237 e. The topological polar surface area (TPSA) is 41.1 Å². The average Bonchev–Trinajstić information content (AvgIpc) is 2.95. The van der Waals surface area contributed by atoms with Crippen molar-refractivity contribution < 1.29 is 4.79 Å². The van der Waals surface area contributed by atoms with Crippen LogP contribution in [0.3, 0.4) is 0 Å². The summed E-state index contributed by atoms with van der Waals surface area (Å²) in [6.07, 6.45) is 5.93. The van der Waals surface area contributed by atoms with Crippen LogP contribution in [-0.4, -0.2) is 24.5 Å². The number of amides is 1. The summed E-state index contributed by atoms with van der Waals surface area (Å²) in [5.74, 6) is 1.03. The van der Waals surface area contributed by atoms with E-state index in [0.717, 1.165) is 25.3 Å². The number of fused-ring (bicyclic) bond motifs is 2. The standard InChI is InChI=1S/C15H26N2O/c1-14(2)10-6-7-15(14,3)12(9-10)17-13(18)11-5-4-8-16-11/h10-12,16H,4-9H2,1-3H3,(H,17,18)/t10-,11+,12-,15+/m1/s1. The van der Waals surface area contributed by atoms with Crippen LogP contribution in [0.5, 0.6) is 0 Å². The Morgan fingerprint density at radius 3 is 2.56 bits per heavy atom. The summed E-state index contributed by atoms with van der Waals surface area (Å²) >= 11 is 0. The fourth-order valence-corrected chi connectivity index (χ4v) is 4.60. The van der Waals surface area contributed by atoms with Crippen LogP contribution in [0, 0.1) is 16.7 Å². The largest absolute Gasteiger partial charge is 0.351 e. The SMILES string of the molecule is CC1(C)[C@@H]2CC[C@@]1(C)[C@H](NC(=O)[C@@H]1CCCN1)C2. The molecule has 102 valence electrons. The zero-order chi connectivity index (χ0) is 13.0. The molecule has 0 spiro atoms. The van der Waals surface area contributed by atoms with Crippen molar-refractivity contribution in [2.24, 2.45) is 16.7 Å². The van der Waals surface area contributed by atoms with Gasteiger partial charge in [-0.15, -0.1) is 0 Å². The van der Waals surface area contributed by atoms with Gasteiger partial charge in [0.2, 0.25) is 5.91 Å². The second kappa shape index (κ2) is 3.96. The lowest BCUT2D eigenvalue weighted by atomic mass is 9.69. The molecule has 2 saturated carbocycles. The molecule has 3 nitrogen and oxygen atoms in total. The van der Waals surface area contributed by atoms with Crippen molar-refractivity contribution in [2.45, 2.75) is 65.0 Å². The predicted molar refractivity (Wildman–Crippen MR) is 72.2 cm³/mol. The van der Waals surface area contributed by atoms with Gasteiger partial charge in [-0.25, -0.2) is 0 Å². The molecule has 0 unspecified atom stereocenters. The lowest BCUT2D eigenvalue weighted by molar-refractivity contribution is -0.124. The summed E-state index contributed by atoms with van der Waals surface area (Å²) in [7, 11) is 0. The third-order valence-electron chi connectivity index (χ3n) is 6.49. The van der Waals surface area contributed by atoms with Gasteiger partial charge in [0.05, 0.1) is 6.04 Å². The average molecular weight is 250 g/mol. The van der Waals surface area contributed by atoms with Gasteiger partial charge in [0.1, 0.15) is 0 Å². The Balaban J connectivity index is 1.70. The predicted octanol–water partition coefficient (Wildman–Crippen LogP) is 2.07. The smallest absolute Gasteiger partial charge is 0.237 e. The molecule has 1 heterocycles. The van der Waals surface area contributed by atoms with Gasteiger partial charge in [-0.1, -0.05) is 20.8 Å². The van der Waals surface area contributed by atoms with Gasteiger partial charge in [0, 0.05) is 6.04 Å². The van der Waals surface area contributed by atoms with E-state index in [4.69, 9.17) is 0 Å². The Hall–Kier alpha value is -0.570. The Labute approximate surface area is 110 Å². The molecule has 18 heavy (non-hydrogen) atoms. The molecule has 1 amide bonds. The van der Waals surface area contributed by atoms with Gasteiger partial charge in [0.25, 0.3) is 0 Å². The van der Waals surface area contributed by atoms with E-state index in [1.807, 2.05) is 0 Å². The van der Waals surface area contributed by atoms with Gasteiger partial charge in [-0.05, 0) is 55.4 Å². The van der Waals surface area contributed by atoms with E-state index in [9.17, 15) is 4.79 Å². The van der Waals surface area contributed by atoms with Crippen LogP contribution in [-0.2, 0) is 4.79 Å². The van der Waals surface area contributed by atoms with Crippen molar-refractivity contribution in [1.29, 1.82) is 0 Å². The van der Waals surface area contributed by atoms with Gasteiger partial charge in [-0.3, -0.25) is 4.79 Å². The minimum Gasteiger partial charge on any atom is -0.351 e. The Kier molecular flexibility index (Phi) is 2.74. The molecular formula is C15H26N2O. The summed E-state index contributed by atoms with van der Waals surface area (Å²) < 4.78 is 0. The molecule has 3 rings (SSSR count). The summed E-state index contributed by atoms with van der Waals surface area (Å²) in [4.78, 5) is 12.3. The van der Waals surface area contributed by atoms with E-state index in [0.29, 0.717) is 16.9 Å². The second-order valence-corrected chi connectivity index (χ2v) is 7.32. The molecule has 4 atom stereocenters. The number of rotatable bonds is 2. The minimum atomic E-state index is 0.0656. The van der Waals surface area contributed by atoms with Crippen LogP contribution in [0.4, 0.5) is 0 Å². The van der Waals surface area contributed by atoms with E-state index < -0.39 is 0 Å². The summed E-state index contributed by atoms with van der Waals surface area (Å²) in [5, 5.41) is 6.64. The normalized spacial score (nSPS) is 45.4. The van der Waals surface area contributed by atoms with Crippen molar-refractivity contribution in [3.05, 3.63) is 0 Å². The van der Waals surface area contributed by atoms with Gasteiger partial charge in [-0.2, -0.15) is 0 Å². The van der Waals surface area contributed by atoms with Crippen LogP contribution in [0.25, 0.3) is 0 Å². The minimum absolute atomic E-state index is 0.0656. The maximum atomic E-state index is 12.3. The number of carbonyl (C=O) groups is 1. The maximum absolute atomic E-state index is 12.3. The molecule has 2 bridgehead atoms. The van der Waals surface area contributed by atoms with Gasteiger partial charge in [0.15, 0.2) is 0 Å². The summed E-state index contributed by atoms with van der Waals surface area (Å²) in [6, 6.07) is 0.456. The molecule has 3 fully saturated rings. The summed E-state index contributed by atoms with van der Waals surface area (Å²) in [6.45, 7) is 8.16. The molecule has 2 aliphatic carbocycles. The fraction of sp³-hybridized carbons (Fsp3) is 0.933. The Morgan fingerprint density at radius 1 is 1.28 bits per heavy atom. The first-order valence-electron chi connectivity index (χ1n) is 7.49. The molecule has 0 radical (unpaired) electrons. The highest BCUT2D eigenvalue weighted by atomic mass is 16.2. The lowest BCUT2D eigenvalue weighted by Gasteiger charge is -2.39. The number of hydrogen-bond acceptors (Lipinski definition) is 2. The van der Waals surface area contributed by atoms with E-state index in [1.165, 1.54) is 19.3 Å². The highest BCUT2D eigenvalue weighted by Gasteiger charge is 2.61. The molecular weight excluding hydrogens is 224 g/mol. The van der Waals surface area contributed by atoms with Crippen molar-refractivity contribution in [3.8, 4) is 0 Å². The fourth-order valence-electron chi connectivity index (χ4n) is 4.60. The Bertz CT molecular complexity index is 360. The Morgan fingerprint density at radius 2 is 2.06 bits per heavy atom. The molecule has 3 heteroatoms. The third-order valence-corrected chi connectivity index (χ3v) is 6.49. The van der Waals surface area contributed by atoms with E-state index >= 15 is 0 Å². The summed E-state index contributed by atoms with van der Waals surface area (Å²) in [5.41, 5.74) is 0.681. The second-order valence-electron chi connectivity index (χ2n) is 7.32. The third kappa shape index (κ3) is 1.56. The van der Waals surface area contributed by atoms with Gasteiger partial charge < -0.3 is 10.6 Å². The van der Waals surface area contributed by atoms with Crippen LogP contribution < -0.4 is 10.6 Å². The van der Waals surface area contributed by atoms with Crippen molar-refractivity contribution in [1.82, 2.24) is 10.6 Å². The van der Waals surface area contributed by atoms with Crippen LogP contribution >= 0.6 is 0 Å². The first kappa shape index (κ1) is 12.5. The van der Waals surface area contributed by atoms with E-state index in [-0.39, 0.29) is 11.9 Å². The number of nitrogens with one attached hydrogen (secondary N) is 2. The molecule has 0 aromatic carbocycles. The van der Waals surface area contributed by atoms with Crippen molar-refractivity contribution in [2.75, 3.05) is 6.54 Å². The van der Waals surface area contributed by atoms with Gasteiger partial charge >= 0.3 is 0 Å². The molecule has 1 aliphatic heterocycles. The molecule has 3 aliphatic rings. The molecule has 1 saturated heterocycles. The first-order chi connectivity index (χ1) is 8.45. The quantitative estimate of drug-likeness (QED) is 0.788. The zero-order valence-corrected chi connectivity index (χ0v) is 11.9. The molecule has 0 aromatic rings.